The van der Waals surface area contributed by atoms with Crippen LogP contribution in [0.2, 0.25) is 0 Å². The molecule has 1 aromatic carbocycles. The van der Waals surface area contributed by atoms with E-state index in [-0.39, 0.29) is 0 Å². The largest absolute Gasteiger partial charge is 0.330 e. The van der Waals surface area contributed by atoms with Gasteiger partial charge in [-0.1, -0.05) is 24.3 Å². The Morgan fingerprint density at radius 2 is 1.80 bits per heavy atom. The van der Waals surface area contributed by atoms with Crippen LogP contribution < -0.4 is 5.73 Å². The zero-order valence-electron chi connectivity index (χ0n) is 9.58. The van der Waals surface area contributed by atoms with Crippen LogP contribution in [0, 0.1) is 12.8 Å². The maximum atomic E-state index is 5.72. The van der Waals surface area contributed by atoms with Crippen LogP contribution in [-0.4, -0.2) is 6.54 Å². The molecule has 1 aliphatic carbocycles. The van der Waals surface area contributed by atoms with E-state index in [9.17, 15) is 0 Å². The van der Waals surface area contributed by atoms with E-state index >= 15 is 0 Å². The molecule has 0 saturated heterocycles. The summed E-state index contributed by atoms with van der Waals surface area (Å²) in [4.78, 5) is 0. The smallest absolute Gasteiger partial charge is 0.00489 e. The van der Waals surface area contributed by atoms with Crippen LogP contribution in [0.5, 0.6) is 0 Å². The van der Waals surface area contributed by atoms with Gasteiger partial charge in [-0.15, -0.1) is 0 Å². The first-order chi connectivity index (χ1) is 7.31. The summed E-state index contributed by atoms with van der Waals surface area (Å²) in [5.41, 5.74) is 8.73. The van der Waals surface area contributed by atoms with Crippen LogP contribution in [0.25, 0.3) is 0 Å². The number of hydrogen-bond acceptors (Lipinski definition) is 1. The van der Waals surface area contributed by atoms with E-state index in [0.717, 1.165) is 18.4 Å². The van der Waals surface area contributed by atoms with Gasteiger partial charge in [-0.05, 0) is 62.1 Å². The summed E-state index contributed by atoms with van der Waals surface area (Å²) in [6.45, 7) is 3.10. The molecule has 1 fully saturated rings. The molecule has 82 valence electrons. The molecule has 1 nitrogen and oxygen atoms in total. The fourth-order valence-corrected chi connectivity index (χ4v) is 2.75. The topological polar surface area (TPSA) is 26.0 Å². The van der Waals surface area contributed by atoms with Crippen LogP contribution in [0.3, 0.4) is 0 Å². The Kier molecular flexibility index (Phi) is 3.42. The number of rotatable bonds is 2. The Morgan fingerprint density at radius 3 is 2.40 bits per heavy atom. The number of hydrogen-bond donors (Lipinski definition) is 1. The molecule has 0 amide bonds. The van der Waals surface area contributed by atoms with Gasteiger partial charge in [-0.25, -0.2) is 0 Å². The minimum atomic E-state index is 0.783. The predicted octanol–water partition coefficient (Wildman–Crippen LogP) is 3.23. The monoisotopic (exact) mass is 203 g/mol. The third kappa shape index (κ3) is 2.40. The summed E-state index contributed by atoms with van der Waals surface area (Å²) in [5, 5.41) is 0. The summed E-state index contributed by atoms with van der Waals surface area (Å²) in [6.07, 6.45) is 5.28. The lowest BCUT2D eigenvalue weighted by Gasteiger charge is -2.28. The molecule has 0 atom stereocenters. The average Bonchev–Trinajstić information content (AvgIpc) is 2.30. The lowest BCUT2D eigenvalue weighted by molar-refractivity contribution is 0.332. The van der Waals surface area contributed by atoms with Gasteiger partial charge in [-0.2, -0.15) is 0 Å². The second kappa shape index (κ2) is 4.80. The fraction of sp³-hybridized carbons (Fsp3) is 0.571. The van der Waals surface area contributed by atoms with Crippen LogP contribution in [0.4, 0.5) is 0 Å². The predicted molar refractivity (Wildman–Crippen MR) is 64.9 cm³/mol. The Labute approximate surface area is 92.7 Å². The van der Waals surface area contributed by atoms with Crippen molar-refractivity contribution in [1.29, 1.82) is 0 Å². The second-order valence-corrected chi connectivity index (χ2v) is 4.81. The molecule has 1 aromatic rings. The minimum absolute atomic E-state index is 0.783. The van der Waals surface area contributed by atoms with Crippen molar-refractivity contribution < 1.29 is 0 Å². The second-order valence-electron chi connectivity index (χ2n) is 4.81. The number of nitrogens with two attached hydrogens (primary N) is 1. The molecule has 0 unspecified atom stereocenters. The normalized spacial score (nSPS) is 26.5. The zero-order valence-corrected chi connectivity index (χ0v) is 9.58. The van der Waals surface area contributed by atoms with Crippen molar-refractivity contribution in [2.24, 2.45) is 11.7 Å². The van der Waals surface area contributed by atoms with Crippen LogP contribution in [0.1, 0.15) is 42.7 Å². The third-order valence-electron chi connectivity index (χ3n) is 3.81. The van der Waals surface area contributed by atoms with Crippen molar-refractivity contribution in [3.63, 3.8) is 0 Å². The SMILES string of the molecule is Cc1ccccc1C1CCC(CN)CC1. The molecule has 0 spiro atoms. The van der Waals surface area contributed by atoms with E-state index in [1.807, 2.05) is 0 Å². The van der Waals surface area contributed by atoms with Crippen LogP contribution >= 0.6 is 0 Å². The molecule has 0 aliphatic heterocycles. The molecular formula is C14H21N. The lowest BCUT2D eigenvalue weighted by atomic mass is 9.78. The van der Waals surface area contributed by atoms with Crippen molar-refractivity contribution in [3.05, 3.63) is 35.4 Å². The lowest BCUT2D eigenvalue weighted by Crippen LogP contribution is -2.20. The summed E-state index contributed by atoms with van der Waals surface area (Å²) in [5.74, 6) is 1.57. The first-order valence-corrected chi connectivity index (χ1v) is 6.07. The van der Waals surface area contributed by atoms with E-state index in [1.54, 1.807) is 5.56 Å². The van der Waals surface area contributed by atoms with E-state index in [2.05, 4.69) is 31.2 Å². The highest BCUT2D eigenvalue weighted by molar-refractivity contribution is 5.29. The Balaban J connectivity index is 2.04. The fourth-order valence-electron chi connectivity index (χ4n) is 2.75. The molecule has 0 heterocycles. The van der Waals surface area contributed by atoms with Gasteiger partial charge in [0, 0.05) is 0 Å². The molecule has 15 heavy (non-hydrogen) atoms. The minimum Gasteiger partial charge on any atom is -0.330 e. The molecule has 0 bridgehead atoms. The maximum absolute atomic E-state index is 5.72. The van der Waals surface area contributed by atoms with Crippen molar-refractivity contribution >= 4 is 0 Å². The van der Waals surface area contributed by atoms with Crippen molar-refractivity contribution in [1.82, 2.24) is 0 Å². The molecule has 2 N–H and O–H groups in total. The van der Waals surface area contributed by atoms with E-state index in [4.69, 9.17) is 5.73 Å². The Morgan fingerprint density at radius 1 is 1.13 bits per heavy atom. The molecular weight excluding hydrogens is 182 g/mol. The van der Waals surface area contributed by atoms with Gasteiger partial charge in [0.25, 0.3) is 0 Å². The number of benzene rings is 1. The highest BCUT2D eigenvalue weighted by Crippen LogP contribution is 2.36. The van der Waals surface area contributed by atoms with E-state index < -0.39 is 0 Å². The summed E-state index contributed by atoms with van der Waals surface area (Å²) >= 11 is 0. The maximum Gasteiger partial charge on any atom is -0.00489 e. The van der Waals surface area contributed by atoms with Crippen molar-refractivity contribution in [3.8, 4) is 0 Å². The van der Waals surface area contributed by atoms with Gasteiger partial charge in [0.05, 0.1) is 0 Å². The molecule has 2 rings (SSSR count). The van der Waals surface area contributed by atoms with Gasteiger partial charge >= 0.3 is 0 Å². The Bertz CT molecular complexity index is 311. The summed E-state index contributed by atoms with van der Waals surface area (Å²) < 4.78 is 0. The van der Waals surface area contributed by atoms with Gasteiger partial charge in [-0.3, -0.25) is 0 Å². The molecule has 0 radical (unpaired) electrons. The van der Waals surface area contributed by atoms with Gasteiger partial charge < -0.3 is 5.73 Å². The molecule has 0 aromatic heterocycles. The van der Waals surface area contributed by atoms with E-state index in [0.29, 0.717) is 0 Å². The molecule has 1 heteroatoms. The first kappa shape index (κ1) is 10.7. The van der Waals surface area contributed by atoms with E-state index in [1.165, 1.54) is 31.2 Å². The standard InChI is InChI=1S/C14H21N/c1-11-4-2-3-5-14(11)13-8-6-12(10-15)7-9-13/h2-5,12-13H,6-10,15H2,1H3. The number of aryl methyl sites for hydroxylation is 1. The zero-order chi connectivity index (χ0) is 10.7. The average molecular weight is 203 g/mol. The highest BCUT2D eigenvalue weighted by Gasteiger charge is 2.21. The van der Waals surface area contributed by atoms with Gasteiger partial charge in [0.2, 0.25) is 0 Å². The van der Waals surface area contributed by atoms with Crippen LogP contribution in [-0.2, 0) is 0 Å². The molecule has 1 saturated carbocycles. The third-order valence-corrected chi connectivity index (χ3v) is 3.81. The van der Waals surface area contributed by atoms with Crippen LogP contribution in [0.15, 0.2) is 24.3 Å². The van der Waals surface area contributed by atoms with Gasteiger partial charge in [0.1, 0.15) is 0 Å². The Hall–Kier alpha value is -0.820. The summed E-state index contributed by atoms with van der Waals surface area (Å²) in [7, 11) is 0. The van der Waals surface area contributed by atoms with Gasteiger partial charge in [0.15, 0.2) is 0 Å². The van der Waals surface area contributed by atoms with Crippen molar-refractivity contribution in [2.75, 3.05) is 6.54 Å². The molecule has 1 aliphatic rings. The first-order valence-electron chi connectivity index (χ1n) is 6.07. The quantitative estimate of drug-likeness (QED) is 0.784. The highest BCUT2D eigenvalue weighted by atomic mass is 14.5. The summed E-state index contributed by atoms with van der Waals surface area (Å²) in [6, 6.07) is 8.81. The van der Waals surface area contributed by atoms with Crippen molar-refractivity contribution in [2.45, 2.75) is 38.5 Å².